The Morgan fingerprint density at radius 2 is 1.80 bits per heavy atom. The summed E-state index contributed by atoms with van der Waals surface area (Å²) in [6, 6.07) is 7.03. The normalized spacial score (nSPS) is 23.7. The monoisotopic (exact) mass is 452 g/mol. The van der Waals surface area contributed by atoms with Crippen molar-refractivity contribution in [1.82, 2.24) is 0 Å². The van der Waals surface area contributed by atoms with Gasteiger partial charge in [0.05, 0.1) is 11.0 Å². The van der Waals surface area contributed by atoms with E-state index in [9.17, 15) is 8.42 Å². The van der Waals surface area contributed by atoms with E-state index in [2.05, 4.69) is 40.8 Å². The van der Waals surface area contributed by atoms with E-state index in [-0.39, 0.29) is 11.1 Å². The van der Waals surface area contributed by atoms with E-state index in [1.807, 2.05) is 32.1 Å². The molecule has 170 valence electrons. The molecule has 1 saturated heterocycles. The van der Waals surface area contributed by atoms with Gasteiger partial charge in [0.15, 0.2) is 8.32 Å². The van der Waals surface area contributed by atoms with Gasteiger partial charge in [0.25, 0.3) is 0 Å². The molecule has 1 fully saturated rings. The van der Waals surface area contributed by atoms with Gasteiger partial charge in [-0.25, -0.2) is 8.42 Å². The molecule has 3 atom stereocenters. The van der Waals surface area contributed by atoms with Crippen LogP contribution in [0.4, 0.5) is 0 Å². The molecule has 0 amide bonds. The first-order valence-electron chi connectivity index (χ1n) is 11.2. The average Bonchev–Trinajstić information content (AvgIpc) is 3.39. The number of aryl methyl sites for hydroxylation is 1. The molecule has 1 aromatic carbocycles. The average molecular weight is 453 g/mol. The second kappa shape index (κ2) is 9.27. The van der Waals surface area contributed by atoms with Gasteiger partial charge in [0.1, 0.15) is 6.10 Å². The molecule has 2 rings (SSSR count). The highest BCUT2D eigenvalue weighted by Gasteiger charge is 2.68. The first kappa shape index (κ1) is 25.3. The molecule has 6 heteroatoms. The van der Waals surface area contributed by atoms with Crippen LogP contribution in [0.3, 0.4) is 0 Å². The van der Waals surface area contributed by atoms with Gasteiger partial charge in [-0.1, -0.05) is 71.2 Å². The van der Waals surface area contributed by atoms with Crippen molar-refractivity contribution >= 4 is 18.2 Å². The number of hydrogen-bond acceptors (Lipinski definition) is 4. The molecule has 1 aliphatic rings. The Morgan fingerprint density at radius 3 is 2.30 bits per heavy atom. The van der Waals surface area contributed by atoms with Crippen molar-refractivity contribution in [3.05, 3.63) is 42.0 Å². The summed E-state index contributed by atoms with van der Waals surface area (Å²) in [5.74, 6) is 0. The highest BCUT2D eigenvalue weighted by atomic mass is 32.2. The molecular weight excluding hydrogens is 412 g/mol. The summed E-state index contributed by atoms with van der Waals surface area (Å²) in [5, 5.41) is 0.0457. The zero-order chi connectivity index (χ0) is 22.8. The molecular formula is C24H40O4SSi. The van der Waals surface area contributed by atoms with Crippen molar-refractivity contribution < 1.29 is 17.6 Å². The van der Waals surface area contributed by atoms with E-state index < -0.39 is 29.2 Å². The van der Waals surface area contributed by atoms with Crippen molar-refractivity contribution in [2.45, 2.75) is 107 Å². The molecule has 0 N–H and O–H groups in total. The summed E-state index contributed by atoms with van der Waals surface area (Å²) in [6.45, 7) is 17.1. The van der Waals surface area contributed by atoms with Crippen molar-refractivity contribution in [2.75, 3.05) is 0 Å². The van der Waals surface area contributed by atoms with Crippen LogP contribution in [-0.2, 0) is 19.0 Å². The molecule has 0 aromatic heterocycles. The number of rotatable bonds is 10. The van der Waals surface area contributed by atoms with Crippen LogP contribution in [0, 0.1) is 6.92 Å². The topological polar surface area (TPSA) is 55.9 Å². The van der Waals surface area contributed by atoms with Crippen LogP contribution < -0.4 is 0 Å². The predicted octanol–water partition coefficient (Wildman–Crippen LogP) is 6.41. The number of allylic oxidation sites excluding steroid dienone is 1. The van der Waals surface area contributed by atoms with Crippen LogP contribution in [-0.4, -0.2) is 33.9 Å². The molecule has 0 spiro atoms. The van der Waals surface area contributed by atoms with E-state index in [1.165, 1.54) is 0 Å². The third-order valence-electron chi connectivity index (χ3n) is 6.42. The van der Waals surface area contributed by atoms with Crippen molar-refractivity contribution in [1.29, 1.82) is 0 Å². The predicted molar refractivity (Wildman–Crippen MR) is 127 cm³/mol. The van der Waals surface area contributed by atoms with Crippen LogP contribution in [0.25, 0.3) is 0 Å². The van der Waals surface area contributed by atoms with Gasteiger partial charge in [-0.2, -0.15) is 0 Å². The molecule has 1 aliphatic heterocycles. The number of benzene rings is 1. The van der Waals surface area contributed by atoms with E-state index in [4.69, 9.17) is 9.16 Å². The van der Waals surface area contributed by atoms with Gasteiger partial charge < -0.3 is 9.16 Å². The van der Waals surface area contributed by atoms with Crippen LogP contribution >= 0.6 is 0 Å². The molecule has 30 heavy (non-hydrogen) atoms. The third-order valence-corrected chi connectivity index (χ3v) is 13.1. The molecule has 1 heterocycles. The smallest absolute Gasteiger partial charge is 0.221 e. The summed E-state index contributed by atoms with van der Waals surface area (Å²) in [6.07, 6.45) is 6.52. The van der Waals surface area contributed by atoms with Crippen molar-refractivity contribution in [2.24, 2.45) is 0 Å². The molecule has 4 nitrogen and oxygen atoms in total. The molecule has 0 unspecified atom stereocenters. The van der Waals surface area contributed by atoms with E-state index in [1.54, 1.807) is 18.2 Å². The second-order valence-electron chi connectivity index (χ2n) is 9.95. The Balaban J connectivity index is 2.44. The first-order valence-corrected chi connectivity index (χ1v) is 15.6. The zero-order valence-corrected chi connectivity index (χ0v) is 21.8. The lowest BCUT2D eigenvalue weighted by atomic mass is 10.1. The maximum absolute atomic E-state index is 13.7. The lowest BCUT2D eigenvalue weighted by Crippen LogP contribution is -2.46. The van der Waals surface area contributed by atoms with E-state index in [0.717, 1.165) is 31.2 Å². The van der Waals surface area contributed by atoms with Gasteiger partial charge in [-0.15, -0.1) is 0 Å². The summed E-state index contributed by atoms with van der Waals surface area (Å²) >= 11 is 0. The van der Waals surface area contributed by atoms with Crippen LogP contribution in [0.1, 0.15) is 65.9 Å². The minimum absolute atomic E-state index is 0.0457. The van der Waals surface area contributed by atoms with Gasteiger partial charge in [0.2, 0.25) is 14.8 Å². The summed E-state index contributed by atoms with van der Waals surface area (Å²) < 4.78 is 40.2. The van der Waals surface area contributed by atoms with Gasteiger partial charge in [-0.3, -0.25) is 0 Å². The maximum atomic E-state index is 13.7. The maximum Gasteiger partial charge on any atom is 0.221 e. The lowest BCUT2D eigenvalue weighted by molar-refractivity contribution is 0.131. The number of sulfone groups is 1. The minimum atomic E-state index is -3.70. The van der Waals surface area contributed by atoms with Gasteiger partial charge in [0, 0.05) is 0 Å². The van der Waals surface area contributed by atoms with Crippen LogP contribution in [0.5, 0.6) is 0 Å². The second-order valence-corrected chi connectivity index (χ2v) is 16.8. The fourth-order valence-electron chi connectivity index (χ4n) is 3.36. The summed E-state index contributed by atoms with van der Waals surface area (Å²) in [7, 11) is -5.78. The fraction of sp³-hybridized carbons (Fsp3) is 0.667. The Hall–Kier alpha value is -0.953. The zero-order valence-electron chi connectivity index (χ0n) is 20.0. The third kappa shape index (κ3) is 5.09. The quantitative estimate of drug-likeness (QED) is 0.234. The molecule has 0 saturated carbocycles. The van der Waals surface area contributed by atoms with Crippen LogP contribution in [0.2, 0.25) is 18.1 Å². The summed E-state index contributed by atoms with van der Waals surface area (Å²) in [5.41, 5.74) is 1.03. The number of epoxide rings is 1. The Bertz CT molecular complexity index is 837. The van der Waals surface area contributed by atoms with Crippen molar-refractivity contribution in [3.8, 4) is 0 Å². The molecule has 0 aliphatic carbocycles. The van der Waals surface area contributed by atoms with E-state index in [0.29, 0.717) is 4.90 Å². The largest absolute Gasteiger partial charge is 0.411 e. The lowest BCUT2D eigenvalue weighted by Gasteiger charge is -2.39. The Labute approximate surface area is 185 Å². The Morgan fingerprint density at radius 1 is 1.20 bits per heavy atom. The van der Waals surface area contributed by atoms with Crippen molar-refractivity contribution in [3.63, 3.8) is 0 Å². The highest BCUT2D eigenvalue weighted by molar-refractivity contribution is 7.93. The molecule has 0 radical (unpaired) electrons. The number of hydrogen-bond donors (Lipinski definition) is 0. The fourth-order valence-corrected chi connectivity index (χ4v) is 6.53. The van der Waals surface area contributed by atoms with E-state index >= 15 is 0 Å². The van der Waals surface area contributed by atoms with Crippen LogP contribution in [0.15, 0.2) is 41.3 Å². The number of unbranched alkanes of at least 4 members (excludes halogenated alkanes) is 1. The SMILES string of the molecule is CC/C=C/[C@]1(S(=O)(=O)c2ccc(C)cc2)O[C@@H]1[C@@H](CCCC)O[Si](C)(C)C(C)(C)C. The highest BCUT2D eigenvalue weighted by Crippen LogP contribution is 2.51. The standard InChI is InChI=1S/C24H40O4SSi/c1-9-11-13-21(28-30(7,8)23(4,5)6)22-24(27-22,18-12-10-2)29(25,26)20-16-14-19(3)15-17-20/h12,14-18,21-22H,9-11,13H2,1-8H3/b18-12+/t21-,22-,24-/m1/s1. The Kier molecular flexibility index (Phi) is 7.82. The molecule has 1 aromatic rings. The molecule has 0 bridgehead atoms. The van der Waals surface area contributed by atoms with Gasteiger partial charge >= 0.3 is 0 Å². The number of ether oxygens (including phenoxy) is 1. The summed E-state index contributed by atoms with van der Waals surface area (Å²) in [4.78, 5) is -1.03. The minimum Gasteiger partial charge on any atom is -0.411 e. The van der Waals surface area contributed by atoms with Gasteiger partial charge in [-0.05, 0) is 56.1 Å². The first-order chi connectivity index (χ1) is 13.8.